The smallest absolute Gasteiger partial charge is 0.307 e. The summed E-state index contributed by atoms with van der Waals surface area (Å²) in [6, 6.07) is 0. The number of aliphatic carboxylic acids is 1. The SMILES string of the molecule is CCCCCNC(=O)[C@H]1[C@@H](C(=O)O)[C@H]2C=C[C@@H]1C2. The Morgan fingerprint density at radius 2 is 1.89 bits per heavy atom. The molecule has 2 aliphatic carbocycles. The number of carboxylic acids is 1. The van der Waals surface area contributed by atoms with Crippen LogP contribution < -0.4 is 5.32 Å². The summed E-state index contributed by atoms with van der Waals surface area (Å²) >= 11 is 0. The lowest BCUT2D eigenvalue weighted by Gasteiger charge is -2.23. The van der Waals surface area contributed by atoms with Crippen molar-refractivity contribution in [3.63, 3.8) is 0 Å². The Labute approximate surface area is 107 Å². The van der Waals surface area contributed by atoms with Gasteiger partial charge in [0.15, 0.2) is 0 Å². The molecule has 1 amide bonds. The number of carbonyl (C=O) groups is 2. The van der Waals surface area contributed by atoms with Crippen molar-refractivity contribution in [2.24, 2.45) is 23.7 Å². The highest BCUT2D eigenvalue weighted by atomic mass is 16.4. The average Bonchev–Trinajstić information content (AvgIpc) is 2.94. The normalized spacial score (nSPS) is 32.7. The summed E-state index contributed by atoms with van der Waals surface area (Å²) in [6.45, 7) is 2.78. The number of amides is 1. The Morgan fingerprint density at radius 3 is 2.50 bits per heavy atom. The number of hydrogen-bond donors (Lipinski definition) is 2. The maximum Gasteiger partial charge on any atom is 0.307 e. The second-order valence-corrected chi connectivity index (χ2v) is 5.34. The first-order valence-electron chi connectivity index (χ1n) is 6.84. The summed E-state index contributed by atoms with van der Waals surface area (Å²) in [6.07, 6.45) is 7.98. The zero-order valence-electron chi connectivity index (χ0n) is 10.8. The molecule has 4 heteroatoms. The molecule has 2 aliphatic rings. The van der Waals surface area contributed by atoms with Crippen molar-refractivity contribution in [2.75, 3.05) is 6.54 Å². The predicted molar refractivity (Wildman–Crippen MR) is 67.9 cm³/mol. The molecular weight excluding hydrogens is 230 g/mol. The van der Waals surface area contributed by atoms with Crippen LogP contribution in [0.3, 0.4) is 0 Å². The molecule has 2 rings (SSSR count). The van der Waals surface area contributed by atoms with Crippen molar-refractivity contribution in [1.29, 1.82) is 0 Å². The van der Waals surface area contributed by atoms with Gasteiger partial charge < -0.3 is 10.4 Å². The number of hydrogen-bond acceptors (Lipinski definition) is 2. The van der Waals surface area contributed by atoms with E-state index in [1.54, 1.807) is 0 Å². The standard InChI is InChI=1S/C14H21NO3/c1-2-3-4-7-15-13(16)11-9-5-6-10(8-9)12(11)14(17)18/h5-6,9-12H,2-4,7-8H2,1H3,(H,15,16)(H,17,18)/t9-,10+,11-,12+/m1/s1. The number of allylic oxidation sites excluding steroid dienone is 2. The molecule has 1 fully saturated rings. The minimum Gasteiger partial charge on any atom is -0.481 e. The molecule has 18 heavy (non-hydrogen) atoms. The van der Waals surface area contributed by atoms with Crippen molar-refractivity contribution < 1.29 is 14.7 Å². The third-order valence-electron chi connectivity index (χ3n) is 4.13. The molecule has 100 valence electrons. The fourth-order valence-corrected chi connectivity index (χ4v) is 3.22. The van der Waals surface area contributed by atoms with E-state index in [4.69, 9.17) is 0 Å². The van der Waals surface area contributed by atoms with Crippen molar-refractivity contribution in [3.8, 4) is 0 Å². The first-order valence-corrected chi connectivity index (χ1v) is 6.84. The molecule has 1 saturated carbocycles. The van der Waals surface area contributed by atoms with Gasteiger partial charge in [0.25, 0.3) is 0 Å². The van der Waals surface area contributed by atoms with Crippen molar-refractivity contribution in [3.05, 3.63) is 12.2 Å². The van der Waals surface area contributed by atoms with Crippen LogP contribution in [0.25, 0.3) is 0 Å². The third kappa shape index (κ3) is 2.42. The van der Waals surface area contributed by atoms with E-state index in [0.29, 0.717) is 6.54 Å². The summed E-state index contributed by atoms with van der Waals surface area (Å²) < 4.78 is 0. The Kier molecular flexibility index (Phi) is 4.04. The van der Waals surface area contributed by atoms with Crippen molar-refractivity contribution in [1.82, 2.24) is 5.32 Å². The van der Waals surface area contributed by atoms with E-state index in [1.807, 2.05) is 12.2 Å². The van der Waals surface area contributed by atoms with E-state index < -0.39 is 11.9 Å². The van der Waals surface area contributed by atoms with Gasteiger partial charge in [-0.15, -0.1) is 0 Å². The van der Waals surface area contributed by atoms with Gasteiger partial charge in [0.1, 0.15) is 0 Å². The molecule has 0 aromatic heterocycles. The van der Waals surface area contributed by atoms with E-state index in [0.717, 1.165) is 25.7 Å². The molecule has 0 unspecified atom stereocenters. The summed E-state index contributed by atoms with van der Waals surface area (Å²) in [5, 5.41) is 12.1. The molecule has 4 nitrogen and oxygen atoms in total. The molecule has 0 saturated heterocycles. The summed E-state index contributed by atoms with van der Waals surface area (Å²) in [5.41, 5.74) is 0. The first kappa shape index (κ1) is 13.1. The number of rotatable bonds is 6. The Balaban J connectivity index is 1.92. The van der Waals surface area contributed by atoms with E-state index in [-0.39, 0.29) is 23.7 Å². The molecule has 0 radical (unpaired) electrons. The van der Waals surface area contributed by atoms with Crippen molar-refractivity contribution in [2.45, 2.75) is 32.6 Å². The van der Waals surface area contributed by atoms with Gasteiger partial charge in [-0.3, -0.25) is 9.59 Å². The van der Waals surface area contributed by atoms with Gasteiger partial charge in [-0.05, 0) is 24.7 Å². The summed E-state index contributed by atoms with van der Waals surface area (Å²) in [5.74, 6) is -1.61. The predicted octanol–water partition coefficient (Wildman–Crippen LogP) is 1.82. The molecule has 0 aromatic carbocycles. The lowest BCUT2D eigenvalue weighted by Crippen LogP contribution is -2.40. The van der Waals surface area contributed by atoms with Gasteiger partial charge in [-0.1, -0.05) is 31.9 Å². The van der Waals surface area contributed by atoms with E-state index in [1.165, 1.54) is 0 Å². The zero-order valence-corrected chi connectivity index (χ0v) is 10.8. The van der Waals surface area contributed by atoms with Crippen LogP contribution in [0.4, 0.5) is 0 Å². The van der Waals surface area contributed by atoms with Crippen molar-refractivity contribution >= 4 is 11.9 Å². The second kappa shape index (κ2) is 5.55. The zero-order chi connectivity index (χ0) is 13.1. The second-order valence-electron chi connectivity index (χ2n) is 5.34. The van der Waals surface area contributed by atoms with E-state index in [2.05, 4.69) is 12.2 Å². The number of carbonyl (C=O) groups excluding carboxylic acids is 1. The average molecular weight is 251 g/mol. The van der Waals surface area contributed by atoms with Crippen LogP contribution in [-0.4, -0.2) is 23.5 Å². The van der Waals surface area contributed by atoms with Crippen LogP contribution in [0.15, 0.2) is 12.2 Å². The maximum atomic E-state index is 12.1. The van der Waals surface area contributed by atoms with E-state index in [9.17, 15) is 14.7 Å². The Bertz CT molecular complexity index is 364. The Hall–Kier alpha value is -1.32. The first-order chi connectivity index (χ1) is 8.65. The quantitative estimate of drug-likeness (QED) is 0.559. The lowest BCUT2D eigenvalue weighted by molar-refractivity contribution is -0.147. The fourth-order valence-electron chi connectivity index (χ4n) is 3.22. The molecule has 2 N–H and O–H groups in total. The highest BCUT2D eigenvalue weighted by Gasteiger charge is 2.51. The van der Waals surface area contributed by atoms with Crippen LogP contribution in [0.2, 0.25) is 0 Å². The largest absolute Gasteiger partial charge is 0.481 e. The summed E-state index contributed by atoms with van der Waals surface area (Å²) in [4.78, 5) is 23.4. The number of fused-ring (bicyclic) bond motifs is 2. The van der Waals surface area contributed by atoms with Gasteiger partial charge in [0, 0.05) is 6.54 Å². The number of unbranched alkanes of at least 4 members (excludes halogenated alkanes) is 2. The van der Waals surface area contributed by atoms with Gasteiger partial charge in [-0.2, -0.15) is 0 Å². The molecule has 0 spiro atoms. The molecule has 2 bridgehead atoms. The Morgan fingerprint density at radius 1 is 1.22 bits per heavy atom. The van der Waals surface area contributed by atoms with Gasteiger partial charge >= 0.3 is 5.97 Å². The molecule has 0 aromatic rings. The number of carboxylic acid groups (broad SMARTS) is 1. The van der Waals surface area contributed by atoms with Crippen LogP contribution in [0, 0.1) is 23.7 Å². The minimum atomic E-state index is -0.833. The van der Waals surface area contributed by atoms with Gasteiger partial charge in [0.2, 0.25) is 5.91 Å². The van der Waals surface area contributed by atoms with Crippen LogP contribution >= 0.6 is 0 Å². The topological polar surface area (TPSA) is 66.4 Å². The van der Waals surface area contributed by atoms with Gasteiger partial charge in [-0.25, -0.2) is 0 Å². The van der Waals surface area contributed by atoms with Crippen LogP contribution in [-0.2, 0) is 9.59 Å². The molecule has 0 aliphatic heterocycles. The molecule has 4 atom stereocenters. The fraction of sp³-hybridized carbons (Fsp3) is 0.714. The third-order valence-corrected chi connectivity index (χ3v) is 4.13. The maximum absolute atomic E-state index is 12.1. The number of nitrogens with one attached hydrogen (secondary N) is 1. The monoisotopic (exact) mass is 251 g/mol. The van der Waals surface area contributed by atoms with E-state index >= 15 is 0 Å². The van der Waals surface area contributed by atoms with Gasteiger partial charge in [0.05, 0.1) is 11.8 Å². The molecular formula is C14H21NO3. The minimum absolute atomic E-state index is 0.0545. The highest BCUT2D eigenvalue weighted by molar-refractivity contribution is 5.86. The highest BCUT2D eigenvalue weighted by Crippen LogP contribution is 2.48. The van der Waals surface area contributed by atoms with Crippen LogP contribution in [0.5, 0.6) is 0 Å². The summed E-state index contributed by atoms with van der Waals surface area (Å²) in [7, 11) is 0. The van der Waals surface area contributed by atoms with Crippen LogP contribution in [0.1, 0.15) is 32.6 Å². The lowest BCUT2D eigenvalue weighted by atomic mass is 9.82. The molecule has 0 heterocycles.